The number of carboxylic acid groups (broad SMARTS) is 1. The maximum absolute atomic E-state index is 12.7. The van der Waals surface area contributed by atoms with Crippen LogP contribution in [-0.2, 0) is 9.59 Å². The van der Waals surface area contributed by atoms with E-state index >= 15 is 0 Å². The number of ketones is 1. The lowest BCUT2D eigenvalue weighted by molar-refractivity contribution is -0.133. The Bertz CT molecular complexity index is 1140. The highest BCUT2D eigenvalue weighted by Crippen LogP contribution is 2.34. The minimum Gasteiger partial charge on any atom is -0.497 e. The van der Waals surface area contributed by atoms with Crippen molar-refractivity contribution in [2.45, 2.75) is 25.8 Å². The summed E-state index contributed by atoms with van der Waals surface area (Å²) in [6, 6.07) is 12.9. The molecule has 0 spiro atoms. The SMILES string of the molecule is COc1cccc(OCCC(=O)CNCCCN2C(=O)NC(C)=C(C(=O)O)C2c2cccc(Cl)c2)c1. The fourth-order valence-corrected chi connectivity index (χ4v) is 4.17. The van der Waals surface area contributed by atoms with Gasteiger partial charge in [-0.3, -0.25) is 4.79 Å². The quantitative estimate of drug-likeness (QED) is 0.347. The molecule has 9 nitrogen and oxygen atoms in total. The molecule has 0 saturated heterocycles. The Labute approximate surface area is 215 Å². The number of halogens is 1. The second-order valence-electron chi connectivity index (χ2n) is 8.27. The number of hydrogen-bond acceptors (Lipinski definition) is 6. The van der Waals surface area contributed by atoms with Gasteiger partial charge in [-0.2, -0.15) is 0 Å². The number of ether oxygens (including phenoxy) is 2. The zero-order valence-electron chi connectivity index (χ0n) is 20.3. The molecular formula is C26H30ClN3O6. The summed E-state index contributed by atoms with van der Waals surface area (Å²) in [5.41, 5.74) is 1.01. The van der Waals surface area contributed by atoms with Crippen molar-refractivity contribution in [1.82, 2.24) is 15.5 Å². The Morgan fingerprint density at radius 1 is 1.17 bits per heavy atom. The first-order valence-corrected chi connectivity index (χ1v) is 11.9. The van der Waals surface area contributed by atoms with Crippen LogP contribution in [0, 0.1) is 0 Å². The van der Waals surface area contributed by atoms with Crippen LogP contribution < -0.4 is 20.1 Å². The number of carboxylic acids is 1. The molecule has 0 bridgehead atoms. The number of amides is 2. The van der Waals surface area contributed by atoms with Crippen LogP contribution in [-0.4, -0.2) is 61.1 Å². The Balaban J connectivity index is 1.49. The van der Waals surface area contributed by atoms with Crippen LogP contribution in [0.25, 0.3) is 0 Å². The van der Waals surface area contributed by atoms with Crippen LogP contribution in [0.2, 0.25) is 5.02 Å². The average Bonchev–Trinajstić information content (AvgIpc) is 2.84. The first-order chi connectivity index (χ1) is 17.3. The van der Waals surface area contributed by atoms with Crippen LogP contribution in [0.4, 0.5) is 4.79 Å². The van der Waals surface area contributed by atoms with Crippen LogP contribution in [0.1, 0.15) is 31.4 Å². The summed E-state index contributed by atoms with van der Waals surface area (Å²) in [6.45, 7) is 2.76. The third kappa shape index (κ3) is 7.22. The molecule has 36 heavy (non-hydrogen) atoms. The zero-order chi connectivity index (χ0) is 26.1. The van der Waals surface area contributed by atoms with Crippen molar-refractivity contribution in [3.63, 3.8) is 0 Å². The molecule has 2 aromatic rings. The number of benzene rings is 2. The molecule has 3 rings (SSSR count). The van der Waals surface area contributed by atoms with Gasteiger partial charge in [0.1, 0.15) is 17.3 Å². The molecule has 1 aliphatic rings. The van der Waals surface area contributed by atoms with E-state index in [4.69, 9.17) is 21.1 Å². The number of rotatable bonds is 13. The van der Waals surface area contributed by atoms with E-state index < -0.39 is 12.0 Å². The predicted octanol–water partition coefficient (Wildman–Crippen LogP) is 3.79. The number of Topliss-reactive ketones (excluding diaryl/α,β-unsaturated/α-hetero) is 1. The largest absolute Gasteiger partial charge is 0.497 e. The van der Waals surface area contributed by atoms with Gasteiger partial charge >= 0.3 is 12.0 Å². The van der Waals surface area contributed by atoms with E-state index in [1.807, 2.05) is 12.1 Å². The molecule has 192 valence electrons. The van der Waals surface area contributed by atoms with Gasteiger partial charge < -0.3 is 30.1 Å². The topological polar surface area (TPSA) is 117 Å². The summed E-state index contributed by atoms with van der Waals surface area (Å²) in [4.78, 5) is 38.4. The van der Waals surface area contributed by atoms with Crippen molar-refractivity contribution in [2.24, 2.45) is 0 Å². The van der Waals surface area contributed by atoms with Crippen LogP contribution in [0.3, 0.4) is 0 Å². The normalized spacial score (nSPS) is 15.5. The second kappa shape index (κ2) is 12.9. The van der Waals surface area contributed by atoms with Gasteiger partial charge in [-0.05, 0) is 49.7 Å². The van der Waals surface area contributed by atoms with Gasteiger partial charge in [0.05, 0.1) is 31.9 Å². The maximum Gasteiger partial charge on any atom is 0.335 e. The van der Waals surface area contributed by atoms with Crippen LogP contribution >= 0.6 is 11.6 Å². The minimum atomic E-state index is -1.11. The average molecular weight is 516 g/mol. The number of methoxy groups -OCH3 is 1. The highest BCUT2D eigenvalue weighted by molar-refractivity contribution is 6.30. The van der Waals surface area contributed by atoms with Crippen molar-refractivity contribution < 1.29 is 29.0 Å². The lowest BCUT2D eigenvalue weighted by atomic mass is 9.93. The second-order valence-corrected chi connectivity index (χ2v) is 8.71. The van der Waals surface area contributed by atoms with E-state index in [0.29, 0.717) is 40.7 Å². The molecule has 0 radical (unpaired) electrons. The molecule has 10 heteroatoms. The third-order valence-corrected chi connectivity index (χ3v) is 5.94. The molecule has 2 aromatic carbocycles. The van der Waals surface area contributed by atoms with Crippen molar-refractivity contribution in [3.05, 3.63) is 70.4 Å². The fraction of sp³-hybridized carbons (Fsp3) is 0.346. The Morgan fingerprint density at radius 3 is 2.64 bits per heavy atom. The number of nitrogens with zero attached hydrogens (tertiary/aromatic N) is 1. The molecule has 1 heterocycles. The van der Waals surface area contributed by atoms with Crippen molar-refractivity contribution in [3.8, 4) is 11.5 Å². The smallest absolute Gasteiger partial charge is 0.335 e. The molecular weight excluding hydrogens is 486 g/mol. The van der Waals surface area contributed by atoms with E-state index in [1.165, 1.54) is 4.90 Å². The molecule has 0 saturated carbocycles. The molecule has 1 atom stereocenters. The molecule has 0 fully saturated rings. The zero-order valence-corrected chi connectivity index (χ0v) is 21.0. The molecule has 3 N–H and O–H groups in total. The summed E-state index contributed by atoms with van der Waals surface area (Å²) >= 11 is 6.13. The summed E-state index contributed by atoms with van der Waals surface area (Å²) in [5.74, 6) is 0.204. The van der Waals surface area contributed by atoms with E-state index in [0.717, 1.165) is 0 Å². The monoisotopic (exact) mass is 515 g/mol. The molecule has 1 unspecified atom stereocenters. The maximum atomic E-state index is 12.7. The predicted molar refractivity (Wildman–Crippen MR) is 135 cm³/mol. The van der Waals surface area contributed by atoms with Gasteiger partial charge in [0.25, 0.3) is 0 Å². The van der Waals surface area contributed by atoms with Crippen molar-refractivity contribution in [2.75, 3.05) is 33.4 Å². The number of aliphatic carboxylic acids is 1. The first kappa shape index (κ1) is 27.0. The number of urea groups is 1. The standard InChI is InChI=1S/C26H30ClN3O6/c1-17-23(25(32)33)24(18-6-3-7-19(27)14-18)30(26(34)29-17)12-5-11-28-16-20(31)10-13-36-22-9-4-8-21(15-22)35-2/h3-4,6-9,14-15,24,28H,5,10-13,16H2,1-2H3,(H,29,34)(H,32,33). The lowest BCUT2D eigenvalue weighted by Crippen LogP contribution is -2.49. The fourth-order valence-electron chi connectivity index (χ4n) is 3.97. The molecule has 1 aliphatic heterocycles. The Morgan fingerprint density at radius 2 is 1.92 bits per heavy atom. The van der Waals surface area contributed by atoms with Gasteiger partial charge in [-0.15, -0.1) is 0 Å². The summed E-state index contributed by atoms with van der Waals surface area (Å²) in [5, 5.41) is 16.0. The highest BCUT2D eigenvalue weighted by Gasteiger charge is 2.37. The number of hydrogen-bond donors (Lipinski definition) is 3. The van der Waals surface area contributed by atoms with Crippen LogP contribution in [0.5, 0.6) is 11.5 Å². The molecule has 2 amide bonds. The van der Waals surface area contributed by atoms with Gasteiger partial charge in [0, 0.05) is 29.8 Å². The van der Waals surface area contributed by atoms with Gasteiger partial charge in [-0.1, -0.05) is 29.8 Å². The van der Waals surface area contributed by atoms with E-state index in [1.54, 1.807) is 50.4 Å². The lowest BCUT2D eigenvalue weighted by Gasteiger charge is -2.37. The summed E-state index contributed by atoms with van der Waals surface area (Å²) in [6.07, 6.45) is 0.769. The van der Waals surface area contributed by atoms with E-state index in [-0.39, 0.29) is 43.5 Å². The van der Waals surface area contributed by atoms with Gasteiger partial charge in [-0.25, -0.2) is 9.59 Å². The van der Waals surface area contributed by atoms with Crippen molar-refractivity contribution >= 4 is 29.4 Å². The number of nitrogens with one attached hydrogen (secondary N) is 2. The molecule has 0 aromatic heterocycles. The van der Waals surface area contributed by atoms with Gasteiger partial charge in [0.15, 0.2) is 0 Å². The highest BCUT2D eigenvalue weighted by atomic mass is 35.5. The number of carbonyl (C=O) groups is 3. The summed E-state index contributed by atoms with van der Waals surface area (Å²) < 4.78 is 10.7. The van der Waals surface area contributed by atoms with E-state index in [9.17, 15) is 19.5 Å². The number of carbonyl (C=O) groups excluding carboxylic acids is 2. The third-order valence-electron chi connectivity index (χ3n) is 5.70. The minimum absolute atomic E-state index is 0.00265. The molecule has 0 aliphatic carbocycles. The van der Waals surface area contributed by atoms with Gasteiger partial charge in [0.2, 0.25) is 0 Å². The number of allylic oxidation sites excluding steroid dienone is 1. The first-order valence-electron chi connectivity index (χ1n) is 11.6. The van der Waals surface area contributed by atoms with E-state index in [2.05, 4.69) is 10.6 Å². The van der Waals surface area contributed by atoms with Crippen LogP contribution in [0.15, 0.2) is 59.8 Å². The summed E-state index contributed by atoms with van der Waals surface area (Å²) in [7, 11) is 1.58. The Kier molecular flexibility index (Phi) is 9.72. The Hall–Kier alpha value is -3.56. The van der Waals surface area contributed by atoms with Crippen molar-refractivity contribution in [1.29, 1.82) is 0 Å².